The first-order chi connectivity index (χ1) is 14.9. The molecule has 9 heteroatoms. The predicted molar refractivity (Wildman–Crippen MR) is 115 cm³/mol. The largest absolute Gasteiger partial charge is 0.497 e. The van der Waals surface area contributed by atoms with E-state index in [1.54, 1.807) is 7.11 Å². The number of carbonyl (C=O) groups is 3. The van der Waals surface area contributed by atoms with Crippen LogP contribution in [-0.4, -0.2) is 59.8 Å². The van der Waals surface area contributed by atoms with Gasteiger partial charge in [0.1, 0.15) is 5.75 Å². The molecule has 9 nitrogen and oxygen atoms in total. The number of amides is 2. The first-order valence-electron chi connectivity index (χ1n) is 9.85. The van der Waals surface area contributed by atoms with E-state index in [-0.39, 0.29) is 12.1 Å². The molecule has 3 rings (SSSR count). The summed E-state index contributed by atoms with van der Waals surface area (Å²) in [6.45, 7) is 2.71. The second kappa shape index (κ2) is 12.2. The molecule has 31 heavy (non-hydrogen) atoms. The molecule has 0 aromatic heterocycles. The van der Waals surface area contributed by atoms with Crippen LogP contribution in [0.4, 0.5) is 10.5 Å². The van der Waals surface area contributed by atoms with Crippen LogP contribution in [-0.2, 0) is 9.59 Å². The number of para-hydroxylation sites is 1. The number of aliphatic carboxylic acids is 2. The molecule has 1 atom stereocenters. The van der Waals surface area contributed by atoms with Crippen LogP contribution in [0.5, 0.6) is 5.75 Å². The normalized spacial score (nSPS) is 14.0. The minimum atomic E-state index is -1.82. The lowest BCUT2D eigenvalue weighted by molar-refractivity contribution is -0.159. The standard InChI is InChI=1S/C20H25N3O2.C2H2O4/c1-25-18-11-9-16(10-12-18)19(23-13-5-6-14-23)15-21-20(24)22-17-7-3-2-4-8-17;3-1(4)2(5)6/h2-4,7-12,19H,5-6,13-15H2,1H3,(H2,21,22,24);(H,3,4)(H,5,6). The number of carboxylic acid groups (broad SMARTS) is 2. The number of urea groups is 1. The van der Waals surface area contributed by atoms with Crippen molar-refractivity contribution in [3.8, 4) is 5.75 Å². The van der Waals surface area contributed by atoms with Gasteiger partial charge in [-0.2, -0.15) is 0 Å². The Balaban J connectivity index is 0.000000501. The Hall–Kier alpha value is -3.59. The number of likely N-dealkylation sites (tertiary alicyclic amines) is 1. The summed E-state index contributed by atoms with van der Waals surface area (Å²) in [5.74, 6) is -2.80. The molecule has 0 spiro atoms. The Morgan fingerprint density at radius 3 is 2.06 bits per heavy atom. The highest BCUT2D eigenvalue weighted by atomic mass is 16.5. The highest BCUT2D eigenvalue weighted by Crippen LogP contribution is 2.26. The van der Waals surface area contributed by atoms with Crippen molar-refractivity contribution in [2.24, 2.45) is 0 Å². The van der Waals surface area contributed by atoms with E-state index in [1.165, 1.54) is 18.4 Å². The van der Waals surface area contributed by atoms with Gasteiger partial charge in [-0.15, -0.1) is 0 Å². The molecule has 0 aliphatic carbocycles. The number of anilines is 1. The first kappa shape index (κ1) is 23.7. The molecule has 0 bridgehead atoms. The van der Waals surface area contributed by atoms with Gasteiger partial charge in [0.05, 0.1) is 13.2 Å². The van der Waals surface area contributed by atoms with E-state index in [2.05, 4.69) is 27.7 Å². The summed E-state index contributed by atoms with van der Waals surface area (Å²) in [7, 11) is 1.67. The lowest BCUT2D eigenvalue weighted by atomic mass is 10.1. The molecule has 2 amide bonds. The zero-order chi connectivity index (χ0) is 22.6. The molecule has 0 radical (unpaired) electrons. The fourth-order valence-corrected chi connectivity index (χ4v) is 3.22. The van der Waals surface area contributed by atoms with Crippen molar-refractivity contribution in [2.45, 2.75) is 18.9 Å². The van der Waals surface area contributed by atoms with Crippen LogP contribution in [0.1, 0.15) is 24.4 Å². The number of methoxy groups -OCH3 is 1. The van der Waals surface area contributed by atoms with Gasteiger partial charge in [-0.3, -0.25) is 4.90 Å². The predicted octanol–water partition coefficient (Wildman–Crippen LogP) is 2.81. The molecular formula is C22H27N3O6. The van der Waals surface area contributed by atoms with Gasteiger partial charge in [0.2, 0.25) is 0 Å². The molecule has 2 aromatic rings. The number of ether oxygens (including phenoxy) is 1. The van der Waals surface area contributed by atoms with E-state index < -0.39 is 11.9 Å². The van der Waals surface area contributed by atoms with Gasteiger partial charge in [0.25, 0.3) is 0 Å². The molecule has 4 N–H and O–H groups in total. The number of rotatable bonds is 6. The van der Waals surface area contributed by atoms with E-state index in [4.69, 9.17) is 24.5 Å². The quantitative estimate of drug-likeness (QED) is 0.520. The van der Waals surface area contributed by atoms with E-state index in [0.29, 0.717) is 6.54 Å². The van der Waals surface area contributed by atoms with Gasteiger partial charge in [0.15, 0.2) is 0 Å². The van der Waals surface area contributed by atoms with Crippen LogP contribution in [0.25, 0.3) is 0 Å². The van der Waals surface area contributed by atoms with E-state index in [1.807, 2.05) is 42.5 Å². The third-order valence-electron chi connectivity index (χ3n) is 4.75. The van der Waals surface area contributed by atoms with Crippen molar-refractivity contribution < 1.29 is 29.3 Å². The van der Waals surface area contributed by atoms with Gasteiger partial charge in [0, 0.05) is 12.2 Å². The van der Waals surface area contributed by atoms with Gasteiger partial charge in [-0.05, 0) is 55.8 Å². The number of carbonyl (C=O) groups excluding carboxylic acids is 1. The Morgan fingerprint density at radius 2 is 1.55 bits per heavy atom. The second-order valence-electron chi connectivity index (χ2n) is 6.84. The zero-order valence-corrected chi connectivity index (χ0v) is 17.3. The van der Waals surface area contributed by atoms with Crippen LogP contribution < -0.4 is 15.4 Å². The first-order valence-corrected chi connectivity index (χ1v) is 9.85. The highest BCUT2D eigenvalue weighted by molar-refractivity contribution is 6.27. The summed E-state index contributed by atoms with van der Waals surface area (Å²) >= 11 is 0. The van der Waals surface area contributed by atoms with Gasteiger partial charge in [-0.1, -0.05) is 30.3 Å². The summed E-state index contributed by atoms with van der Waals surface area (Å²) in [4.78, 5) is 32.8. The van der Waals surface area contributed by atoms with Crippen LogP contribution in [0.2, 0.25) is 0 Å². The molecule has 1 heterocycles. The minimum Gasteiger partial charge on any atom is -0.497 e. The Labute approximate surface area is 180 Å². The lowest BCUT2D eigenvalue weighted by Crippen LogP contribution is -2.38. The Kier molecular flexibility index (Phi) is 9.31. The lowest BCUT2D eigenvalue weighted by Gasteiger charge is -2.28. The average Bonchev–Trinajstić information content (AvgIpc) is 3.30. The molecule has 2 aromatic carbocycles. The molecule has 1 aliphatic heterocycles. The van der Waals surface area contributed by atoms with Gasteiger partial charge < -0.3 is 25.6 Å². The zero-order valence-electron chi connectivity index (χ0n) is 17.3. The van der Waals surface area contributed by atoms with Crippen LogP contribution >= 0.6 is 0 Å². The molecule has 1 fully saturated rings. The smallest absolute Gasteiger partial charge is 0.414 e. The summed E-state index contributed by atoms with van der Waals surface area (Å²) in [5, 5.41) is 20.7. The third-order valence-corrected chi connectivity index (χ3v) is 4.75. The van der Waals surface area contributed by atoms with Crippen LogP contribution in [0, 0.1) is 0 Å². The van der Waals surface area contributed by atoms with Crippen molar-refractivity contribution in [3.05, 3.63) is 60.2 Å². The number of carboxylic acids is 2. The van der Waals surface area contributed by atoms with E-state index in [0.717, 1.165) is 24.5 Å². The van der Waals surface area contributed by atoms with Crippen molar-refractivity contribution in [1.29, 1.82) is 0 Å². The van der Waals surface area contributed by atoms with E-state index >= 15 is 0 Å². The third kappa shape index (κ3) is 7.98. The van der Waals surface area contributed by atoms with Crippen molar-refractivity contribution >= 4 is 23.7 Å². The number of hydrogen-bond donors (Lipinski definition) is 4. The maximum absolute atomic E-state index is 12.2. The Morgan fingerprint density at radius 1 is 0.968 bits per heavy atom. The minimum absolute atomic E-state index is 0.176. The summed E-state index contributed by atoms with van der Waals surface area (Å²) in [6, 6.07) is 17.6. The SMILES string of the molecule is COc1ccc(C(CNC(=O)Nc2ccccc2)N2CCCC2)cc1.O=C(O)C(=O)O. The number of benzene rings is 2. The van der Waals surface area contributed by atoms with Crippen LogP contribution in [0.3, 0.4) is 0 Å². The molecular weight excluding hydrogens is 402 g/mol. The van der Waals surface area contributed by atoms with Crippen molar-refractivity contribution in [1.82, 2.24) is 10.2 Å². The van der Waals surface area contributed by atoms with Crippen molar-refractivity contribution in [3.63, 3.8) is 0 Å². The summed E-state index contributed by atoms with van der Waals surface area (Å²) < 4.78 is 5.25. The fourth-order valence-electron chi connectivity index (χ4n) is 3.22. The topological polar surface area (TPSA) is 128 Å². The monoisotopic (exact) mass is 429 g/mol. The number of nitrogens with zero attached hydrogens (tertiary/aromatic N) is 1. The maximum Gasteiger partial charge on any atom is 0.414 e. The molecule has 0 saturated carbocycles. The molecule has 1 saturated heterocycles. The fraction of sp³-hybridized carbons (Fsp3) is 0.318. The number of hydrogen-bond acceptors (Lipinski definition) is 5. The van der Waals surface area contributed by atoms with Gasteiger partial charge >= 0.3 is 18.0 Å². The van der Waals surface area contributed by atoms with E-state index in [9.17, 15) is 4.79 Å². The molecule has 1 unspecified atom stereocenters. The molecule has 1 aliphatic rings. The van der Waals surface area contributed by atoms with Crippen LogP contribution in [0.15, 0.2) is 54.6 Å². The molecule has 166 valence electrons. The Bertz CT molecular complexity index is 839. The van der Waals surface area contributed by atoms with Gasteiger partial charge in [-0.25, -0.2) is 14.4 Å². The summed E-state index contributed by atoms with van der Waals surface area (Å²) in [5.41, 5.74) is 1.99. The number of nitrogens with one attached hydrogen (secondary N) is 2. The van der Waals surface area contributed by atoms with Crippen molar-refractivity contribution in [2.75, 3.05) is 32.1 Å². The second-order valence-corrected chi connectivity index (χ2v) is 6.84. The summed E-state index contributed by atoms with van der Waals surface area (Å²) in [6.07, 6.45) is 2.42. The maximum atomic E-state index is 12.2. The average molecular weight is 429 g/mol. The highest BCUT2D eigenvalue weighted by Gasteiger charge is 2.24.